The number of nitrogen functional groups attached to an aromatic ring is 1. The fourth-order valence-electron chi connectivity index (χ4n) is 1.43. The Labute approximate surface area is 105 Å². The highest BCUT2D eigenvalue weighted by Crippen LogP contribution is 2.25. The third-order valence-electron chi connectivity index (χ3n) is 2.67. The molecule has 1 aromatic carbocycles. The van der Waals surface area contributed by atoms with Gasteiger partial charge in [0.1, 0.15) is 0 Å². The van der Waals surface area contributed by atoms with Gasteiger partial charge in [-0.25, -0.2) is 0 Å². The van der Waals surface area contributed by atoms with Gasteiger partial charge in [0.2, 0.25) is 0 Å². The van der Waals surface area contributed by atoms with E-state index in [0.29, 0.717) is 6.42 Å². The van der Waals surface area contributed by atoms with Crippen molar-refractivity contribution in [2.45, 2.75) is 25.9 Å². The largest absolute Gasteiger partial charge is 0.398 e. The monoisotopic (exact) mass is 281 g/mol. The Kier molecular flexibility index (Phi) is 4.78. The zero-order valence-corrected chi connectivity index (χ0v) is 11.2. The molecule has 4 heteroatoms. The lowest BCUT2D eigenvalue weighted by Gasteiger charge is -2.23. The van der Waals surface area contributed by atoms with Crippen LogP contribution in [0.2, 0.25) is 0 Å². The van der Waals surface area contributed by atoms with Crippen LogP contribution in [0.15, 0.2) is 22.7 Å². The van der Waals surface area contributed by atoms with Crippen molar-refractivity contribution in [3.63, 3.8) is 0 Å². The van der Waals surface area contributed by atoms with Crippen LogP contribution in [0.25, 0.3) is 0 Å². The normalized spacial score (nSPS) is 12.4. The molecule has 0 radical (unpaired) electrons. The van der Waals surface area contributed by atoms with Crippen molar-refractivity contribution in [3.05, 3.63) is 28.2 Å². The third-order valence-corrected chi connectivity index (χ3v) is 3.63. The first-order valence-corrected chi connectivity index (χ1v) is 5.95. The molecule has 0 aromatic heterocycles. The number of hydrogen-bond donors (Lipinski definition) is 1. The van der Waals surface area contributed by atoms with Crippen molar-refractivity contribution >= 4 is 21.6 Å². The number of nitriles is 1. The number of halogens is 1. The van der Waals surface area contributed by atoms with E-state index < -0.39 is 0 Å². The molecule has 1 atom stereocenters. The number of nitrogens with two attached hydrogens (primary N) is 1. The van der Waals surface area contributed by atoms with Crippen molar-refractivity contribution in [1.82, 2.24) is 4.90 Å². The Balaban J connectivity index is 2.74. The topological polar surface area (TPSA) is 53.0 Å². The Morgan fingerprint density at radius 2 is 2.25 bits per heavy atom. The van der Waals surface area contributed by atoms with Crippen LogP contribution in [-0.2, 0) is 6.54 Å². The molecule has 0 fully saturated rings. The van der Waals surface area contributed by atoms with E-state index in [9.17, 15) is 0 Å². The highest BCUT2D eigenvalue weighted by Gasteiger charge is 2.11. The van der Waals surface area contributed by atoms with E-state index in [-0.39, 0.29) is 6.04 Å². The van der Waals surface area contributed by atoms with E-state index in [1.165, 1.54) is 0 Å². The van der Waals surface area contributed by atoms with Gasteiger partial charge < -0.3 is 5.73 Å². The van der Waals surface area contributed by atoms with Crippen molar-refractivity contribution in [2.24, 2.45) is 0 Å². The zero-order valence-electron chi connectivity index (χ0n) is 9.57. The average Bonchev–Trinajstić information content (AvgIpc) is 2.25. The number of benzene rings is 1. The summed E-state index contributed by atoms with van der Waals surface area (Å²) in [6.45, 7) is 2.83. The molecule has 0 heterocycles. The van der Waals surface area contributed by atoms with Gasteiger partial charge in [-0.15, -0.1) is 0 Å². The predicted octanol–water partition coefficient (Wildman–Crippen LogP) is 2.77. The molecule has 0 spiro atoms. The second-order valence-electron chi connectivity index (χ2n) is 3.95. The van der Waals surface area contributed by atoms with E-state index in [4.69, 9.17) is 11.0 Å². The van der Waals surface area contributed by atoms with E-state index in [0.717, 1.165) is 22.3 Å². The molecule has 0 aliphatic rings. The summed E-state index contributed by atoms with van der Waals surface area (Å²) in [5, 5.41) is 8.64. The smallest absolute Gasteiger partial charge is 0.0638 e. The zero-order chi connectivity index (χ0) is 12.1. The van der Waals surface area contributed by atoms with Gasteiger partial charge in [0.05, 0.1) is 12.5 Å². The Bertz CT molecular complexity index is 398. The van der Waals surface area contributed by atoms with E-state index in [1.54, 1.807) is 0 Å². The molecule has 1 rings (SSSR count). The molecule has 16 heavy (non-hydrogen) atoms. The summed E-state index contributed by atoms with van der Waals surface area (Å²) in [7, 11) is 2.01. The average molecular weight is 282 g/mol. The minimum Gasteiger partial charge on any atom is -0.398 e. The summed E-state index contributed by atoms with van der Waals surface area (Å²) in [5.74, 6) is 0. The minimum absolute atomic E-state index is 0.248. The van der Waals surface area contributed by atoms with E-state index in [1.807, 2.05) is 32.2 Å². The van der Waals surface area contributed by atoms with Gasteiger partial charge in [0, 0.05) is 22.7 Å². The lowest BCUT2D eigenvalue weighted by molar-refractivity contribution is 0.252. The molecular formula is C12H16BrN3. The van der Waals surface area contributed by atoms with Crippen LogP contribution in [-0.4, -0.2) is 18.0 Å². The summed E-state index contributed by atoms with van der Waals surface area (Å²) < 4.78 is 0.950. The van der Waals surface area contributed by atoms with Crippen LogP contribution in [0.5, 0.6) is 0 Å². The van der Waals surface area contributed by atoms with Crippen molar-refractivity contribution in [3.8, 4) is 6.07 Å². The molecule has 0 amide bonds. The summed E-state index contributed by atoms with van der Waals surface area (Å²) in [4.78, 5) is 2.14. The molecule has 86 valence electrons. The SMILES string of the molecule is CC(CC#N)N(C)Cc1cccc(N)c1Br. The lowest BCUT2D eigenvalue weighted by Crippen LogP contribution is -2.28. The van der Waals surface area contributed by atoms with Gasteiger partial charge >= 0.3 is 0 Å². The van der Waals surface area contributed by atoms with Crippen LogP contribution in [0, 0.1) is 11.3 Å². The Morgan fingerprint density at radius 3 is 2.88 bits per heavy atom. The van der Waals surface area contributed by atoms with Crippen LogP contribution >= 0.6 is 15.9 Å². The van der Waals surface area contributed by atoms with Gasteiger partial charge in [-0.3, -0.25) is 4.90 Å². The summed E-state index contributed by atoms with van der Waals surface area (Å²) >= 11 is 3.48. The molecule has 0 saturated carbocycles. The highest BCUT2D eigenvalue weighted by molar-refractivity contribution is 9.10. The fraction of sp³-hybridized carbons (Fsp3) is 0.417. The number of anilines is 1. The third kappa shape index (κ3) is 3.22. The first-order valence-electron chi connectivity index (χ1n) is 5.16. The maximum Gasteiger partial charge on any atom is 0.0638 e. The predicted molar refractivity (Wildman–Crippen MR) is 69.7 cm³/mol. The molecule has 0 saturated heterocycles. The van der Waals surface area contributed by atoms with Gasteiger partial charge in [-0.1, -0.05) is 12.1 Å². The molecular weight excluding hydrogens is 266 g/mol. The van der Waals surface area contributed by atoms with Gasteiger partial charge in [-0.05, 0) is 41.5 Å². The van der Waals surface area contributed by atoms with E-state index >= 15 is 0 Å². The number of hydrogen-bond acceptors (Lipinski definition) is 3. The molecule has 0 aliphatic heterocycles. The second kappa shape index (κ2) is 5.88. The van der Waals surface area contributed by atoms with Crippen LogP contribution in [0.3, 0.4) is 0 Å². The quantitative estimate of drug-likeness (QED) is 0.864. The first-order chi connectivity index (χ1) is 7.56. The van der Waals surface area contributed by atoms with E-state index in [2.05, 4.69) is 26.9 Å². The number of nitrogens with zero attached hydrogens (tertiary/aromatic N) is 2. The molecule has 1 unspecified atom stereocenters. The van der Waals surface area contributed by atoms with Crippen LogP contribution in [0.1, 0.15) is 18.9 Å². The molecule has 1 aromatic rings. The van der Waals surface area contributed by atoms with Crippen LogP contribution in [0.4, 0.5) is 5.69 Å². The van der Waals surface area contributed by atoms with Crippen molar-refractivity contribution in [2.75, 3.05) is 12.8 Å². The molecule has 0 bridgehead atoms. The number of rotatable bonds is 4. The van der Waals surface area contributed by atoms with Gasteiger partial charge in [0.15, 0.2) is 0 Å². The molecule has 0 aliphatic carbocycles. The maximum absolute atomic E-state index is 8.64. The van der Waals surface area contributed by atoms with Gasteiger partial charge in [-0.2, -0.15) is 5.26 Å². The highest BCUT2D eigenvalue weighted by atomic mass is 79.9. The standard InChI is InChI=1S/C12H16BrN3/c1-9(6-7-14)16(2)8-10-4-3-5-11(15)12(10)13/h3-5,9H,6,8,15H2,1-2H3. The second-order valence-corrected chi connectivity index (χ2v) is 4.74. The molecule has 2 N–H and O–H groups in total. The summed E-state index contributed by atoms with van der Waals surface area (Å²) in [6.07, 6.45) is 0.538. The minimum atomic E-state index is 0.248. The van der Waals surface area contributed by atoms with Gasteiger partial charge in [0.25, 0.3) is 0 Å². The van der Waals surface area contributed by atoms with Crippen molar-refractivity contribution < 1.29 is 0 Å². The Morgan fingerprint density at radius 1 is 1.56 bits per heavy atom. The van der Waals surface area contributed by atoms with Crippen LogP contribution < -0.4 is 5.73 Å². The lowest BCUT2D eigenvalue weighted by atomic mass is 10.1. The fourth-order valence-corrected chi connectivity index (χ4v) is 1.82. The summed E-state index contributed by atoms with van der Waals surface area (Å²) in [6, 6.07) is 8.28. The molecule has 3 nitrogen and oxygen atoms in total. The summed E-state index contributed by atoms with van der Waals surface area (Å²) in [5.41, 5.74) is 7.71. The maximum atomic E-state index is 8.64. The van der Waals surface area contributed by atoms with Crippen molar-refractivity contribution in [1.29, 1.82) is 5.26 Å². The first kappa shape index (κ1) is 13.0. The Hall–Kier alpha value is -1.05.